The van der Waals surface area contributed by atoms with E-state index >= 15 is 4.39 Å². The van der Waals surface area contributed by atoms with Crippen LogP contribution in [-0.4, -0.2) is 161 Å². The summed E-state index contributed by atoms with van der Waals surface area (Å²) in [7, 11) is 0. The van der Waals surface area contributed by atoms with E-state index in [-0.39, 0.29) is 58.9 Å². The Morgan fingerprint density at radius 2 is 1.74 bits per heavy atom. The number of unbranched alkanes of at least 4 members (excludes halogenated alkanes) is 1. The molecular formula is C62H77FN14O11S2. The second-order valence-electron chi connectivity index (χ2n) is 25.3. The first-order valence-electron chi connectivity index (χ1n) is 30.5. The van der Waals surface area contributed by atoms with E-state index in [4.69, 9.17) is 33.2 Å². The summed E-state index contributed by atoms with van der Waals surface area (Å²) in [6.07, 6.45) is 7.79. The molecule has 5 aromatic heterocycles. The molecule has 0 radical (unpaired) electrons. The number of rotatable bonds is 23. The van der Waals surface area contributed by atoms with Gasteiger partial charge in [0.2, 0.25) is 23.5 Å². The fourth-order valence-electron chi connectivity index (χ4n) is 12.1. The number of esters is 2. The molecule has 2 aliphatic heterocycles. The van der Waals surface area contributed by atoms with Crippen LogP contribution in [0.5, 0.6) is 17.6 Å². The van der Waals surface area contributed by atoms with Crippen LogP contribution in [0.25, 0.3) is 22.0 Å². The predicted octanol–water partition coefficient (Wildman–Crippen LogP) is 8.78. The van der Waals surface area contributed by atoms with Gasteiger partial charge in [0.1, 0.15) is 40.6 Å². The number of carbonyl (C=O) groups is 5. The topological polar surface area (TPSA) is 297 Å². The normalized spacial score (nSPS) is 19.7. The van der Waals surface area contributed by atoms with E-state index in [9.17, 15) is 29.2 Å². The van der Waals surface area contributed by atoms with E-state index in [1.54, 1.807) is 70.7 Å². The number of aryl methyl sites for hydroxylation is 2. The zero-order chi connectivity index (χ0) is 64.2. The lowest BCUT2D eigenvalue weighted by molar-refractivity contribution is -0.147. The number of benzene rings is 1. The number of carbonyl (C=O) groups excluding carboxylic acids is 5. The number of halogens is 1. The van der Waals surface area contributed by atoms with Crippen LogP contribution in [0.3, 0.4) is 0 Å². The second kappa shape index (κ2) is 27.2. The molecule has 2 N–H and O–H groups in total. The number of likely N-dealkylation sites (tertiary alicyclic amines) is 1. The number of hydrogen-bond acceptors (Lipinski definition) is 23. The van der Waals surface area contributed by atoms with Crippen molar-refractivity contribution in [1.29, 1.82) is 5.26 Å². The van der Waals surface area contributed by atoms with E-state index in [2.05, 4.69) is 56.9 Å². The fourth-order valence-corrected chi connectivity index (χ4v) is 14.2. The number of nitrogens with one attached hydrogen (secondary N) is 2. The van der Waals surface area contributed by atoms with Crippen molar-refractivity contribution in [3.8, 4) is 45.7 Å². The zero-order valence-corrected chi connectivity index (χ0v) is 54.1. The number of ether oxygens (including phenoxy) is 5. The maximum Gasteiger partial charge on any atom is 0.412 e. The number of nitrogens with zero attached hydrogens (tertiary/aromatic N) is 12. The van der Waals surface area contributed by atoms with Crippen molar-refractivity contribution in [2.24, 2.45) is 11.3 Å². The van der Waals surface area contributed by atoms with Crippen LogP contribution in [0.2, 0.25) is 0 Å². The Morgan fingerprint density at radius 1 is 0.978 bits per heavy atom. The molecule has 3 amide bonds. The molecule has 5 atom stereocenters. The number of thiazole rings is 1. The maximum absolute atomic E-state index is 16.1. The molecule has 2 saturated heterocycles. The van der Waals surface area contributed by atoms with Crippen molar-refractivity contribution in [2.45, 2.75) is 156 Å². The molecule has 1 saturated carbocycles. The summed E-state index contributed by atoms with van der Waals surface area (Å²) in [4.78, 5) is 91.9. The maximum atomic E-state index is 16.1. The molecule has 4 aliphatic rings. The average Bonchev–Trinajstić information content (AvgIpc) is 1.56. The Labute approximate surface area is 529 Å². The number of amides is 3. The summed E-state index contributed by atoms with van der Waals surface area (Å²) in [6, 6.07) is 4.52. The van der Waals surface area contributed by atoms with Gasteiger partial charge in [0.15, 0.2) is 11.6 Å². The lowest BCUT2D eigenvalue weighted by Crippen LogP contribution is -2.49. The molecule has 25 nitrogen and oxygen atoms in total. The molecular weight excluding hydrogens is 1200 g/mol. The molecule has 90 heavy (non-hydrogen) atoms. The van der Waals surface area contributed by atoms with Crippen molar-refractivity contribution in [1.82, 2.24) is 60.1 Å². The zero-order valence-electron chi connectivity index (χ0n) is 52.4. The number of hydrogen-bond donors (Lipinski definition) is 2. The van der Waals surface area contributed by atoms with Crippen LogP contribution < -0.4 is 24.8 Å². The molecule has 7 heterocycles. The van der Waals surface area contributed by atoms with E-state index in [0.717, 1.165) is 95.2 Å². The van der Waals surface area contributed by atoms with Gasteiger partial charge < -0.3 is 48.2 Å². The number of anilines is 1. The van der Waals surface area contributed by atoms with E-state index in [0.29, 0.717) is 52.4 Å². The fraction of sp³-hybridized carbons (Fsp3) is 0.565. The highest BCUT2D eigenvalue weighted by Gasteiger charge is 2.48. The van der Waals surface area contributed by atoms with Gasteiger partial charge >= 0.3 is 24.0 Å². The molecule has 1 aromatic carbocycles. The van der Waals surface area contributed by atoms with Gasteiger partial charge in [0.05, 0.1) is 59.1 Å². The van der Waals surface area contributed by atoms with E-state index in [1.165, 1.54) is 39.2 Å². The smallest absolute Gasteiger partial charge is 0.412 e. The monoisotopic (exact) mass is 1280 g/mol. The largest absolute Gasteiger partial charge is 0.475 e. The quantitative estimate of drug-likeness (QED) is 0.0344. The molecule has 6 aromatic rings. The van der Waals surface area contributed by atoms with Gasteiger partial charge in [-0.25, -0.2) is 23.8 Å². The van der Waals surface area contributed by atoms with Crippen molar-refractivity contribution in [3.63, 3.8) is 0 Å². The van der Waals surface area contributed by atoms with Crippen LogP contribution in [0.4, 0.5) is 14.2 Å². The highest BCUT2D eigenvalue weighted by atomic mass is 32.1. The first-order chi connectivity index (χ1) is 42.9. The first-order valence-corrected chi connectivity index (χ1v) is 32.2. The van der Waals surface area contributed by atoms with Crippen LogP contribution in [-0.2, 0) is 40.5 Å². The lowest BCUT2D eigenvalue weighted by atomic mass is 9.72. The number of fused-ring (bicyclic) bond motifs is 1. The molecule has 0 spiro atoms. The Balaban J connectivity index is 0.673. The minimum atomic E-state index is -1.08. The van der Waals surface area contributed by atoms with E-state index in [1.807, 2.05) is 20.8 Å². The minimum Gasteiger partial charge on any atom is -0.475 e. The van der Waals surface area contributed by atoms with Gasteiger partial charge in [-0.3, -0.25) is 24.5 Å². The Morgan fingerprint density at radius 3 is 2.43 bits per heavy atom. The molecule has 3 fully saturated rings. The highest BCUT2D eigenvalue weighted by Crippen LogP contribution is 2.50. The number of nitriles is 1. The van der Waals surface area contributed by atoms with Crippen molar-refractivity contribution in [3.05, 3.63) is 75.1 Å². The third-order valence-electron chi connectivity index (χ3n) is 16.7. The molecule has 2 aliphatic carbocycles. The van der Waals surface area contributed by atoms with Gasteiger partial charge in [0.25, 0.3) is 5.88 Å². The molecule has 0 bridgehead atoms. The van der Waals surface area contributed by atoms with Crippen molar-refractivity contribution >= 4 is 57.5 Å². The summed E-state index contributed by atoms with van der Waals surface area (Å²) in [5, 5.41) is 29.3. The number of thiophene rings is 1. The molecule has 480 valence electrons. The number of piperazine rings is 1. The summed E-state index contributed by atoms with van der Waals surface area (Å²) in [5.41, 5.74) is 2.73. The van der Waals surface area contributed by atoms with Gasteiger partial charge in [0, 0.05) is 86.2 Å². The van der Waals surface area contributed by atoms with Crippen molar-refractivity contribution in [2.75, 3.05) is 64.3 Å². The van der Waals surface area contributed by atoms with Gasteiger partial charge in [-0.1, -0.05) is 35.4 Å². The molecule has 10 rings (SSSR count). The van der Waals surface area contributed by atoms with Gasteiger partial charge in [-0.15, -0.1) is 22.7 Å². The summed E-state index contributed by atoms with van der Waals surface area (Å²) in [6.45, 7) is 23.2. The van der Waals surface area contributed by atoms with Crippen LogP contribution >= 0.6 is 22.7 Å². The summed E-state index contributed by atoms with van der Waals surface area (Å²) >= 11 is 2.61. The Bertz CT molecular complexity index is 3650. The average molecular weight is 1280 g/mol. The highest BCUT2D eigenvalue weighted by molar-refractivity contribution is 7.16. The SMILES string of the molecule is CC(=O)Oc1c([C@H](C)NC(=O)[C@@H]2C[C@@H](OC(C)=O)CN2C(=O)[C@H](C(C)C)n2cc(OCCCCN3CCN(CC4(COc5nccc(-c6noc([C@@]7(C)CCCc8sc(NC(=O)OC(C)(C)C)c(C#N)c87)n6)n5)CC4)CC3)nn2)ccc(-c2scnc2C)c1F. The third-order valence-corrected chi connectivity index (χ3v) is 18.9. The predicted molar refractivity (Wildman–Crippen MR) is 328 cm³/mol. The van der Waals surface area contributed by atoms with Gasteiger partial charge in [-0.2, -0.15) is 15.2 Å². The van der Waals surface area contributed by atoms with Crippen LogP contribution in [0.15, 0.2) is 40.6 Å². The molecule has 0 unspecified atom stereocenters. The first kappa shape index (κ1) is 65.0. The van der Waals surface area contributed by atoms with Crippen LogP contribution in [0.1, 0.15) is 152 Å². The van der Waals surface area contributed by atoms with E-state index < -0.39 is 70.9 Å². The standard InChI is InChI=1S/C62H77FN14O11S2/c1-35(2)50(56(81)76-30-40(85-38(5)78)28-45(76)54(80)67-36(3)41-15-16-42(52-37(4)66-34-89-52)49(63)51(41)86-39(6)79)77-31-47(71-73-77)83-27-12-11-22-74-23-25-75(26-24-74)32-62(19-20-62)33-84-58-65-21-17-44(68-58)53-69-57(88-72-53)61(10)18-13-14-46-48(61)43(29-64)55(90-46)70-59(82)87-60(7,8)9/h15-17,21,31,34-36,40,45,50H,11-14,18-20,22-28,30,32-33H2,1-10H3,(H,67,80)(H,70,82)/t36-,40+,45-,50-,61-/m0/s1. The van der Waals surface area contributed by atoms with Crippen LogP contribution in [0, 0.1) is 35.4 Å². The number of aromatic nitrogens is 8. The van der Waals surface area contributed by atoms with Crippen molar-refractivity contribution < 1.29 is 56.6 Å². The molecule has 28 heteroatoms. The Kier molecular flexibility index (Phi) is 19.7. The summed E-state index contributed by atoms with van der Waals surface area (Å²) < 4.78 is 52.2. The lowest BCUT2D eigenvalue weighted by Gasteiger charge is -2.36. The second-order valence-corrected chi connectivity index (χ2v) is 27.2. The third kappa shape index (κ3) is 14.9. The Hall–Kier alpha value is -8.00. The summed E-state index contributed by atoms with van der Waals surface area (Å²) in [5.74, 6) is -2.87. The minimum absolute atomic E-state index is 0.00717. The van der Waals surface area contributed by atoms with Gasteiger partial charge in [-0.05, 0) is 111 Å².